The number of aliphatic carboxylic acids is 1. The summed E-state index contributed by atoms with van der Waals surface area (Å²) in [6, 6.07) is 4.72. The Kier molecular flexibility index (Phi) is 3.90. The van der Waals surface area contributed by atoms with Gasteiger partial charge in [0.2, 0.25) is 0 Å². The van der Waals surface area contributed by atoms with Crippen LogP contribution in [0.15, 0.2) is 18.2 Å². The molecule has 4 heteroatoms. The van der Waals surface area contributed by atoms with E-state index in [0.29, 0.717) is 22.4 Å². The summed E-state index contributed by atoms with van der Waals surface area (Å²) in [6.45, 7) is 0. The number of halogens is 1. The molecule has 0 saturated heterocycles. The van der Waals surface area contributed by atoms with Gasteiger partial charge in [-0.25, -0.2) is 0 Å². The number of carbonyl (C=O) groups is 2. The Bertz CT molecular complexity index is 455. The van der Waals surface area contributed by atoms with Crippen LogP contribution in [0, 0.1) is 11.8 Å². The molecule has 0 bridgehead atoms. The molecule has 0 atom stereocenters. The molecule has 1 rings (SSSR count). The van der Waals surface area contributed by atoms with Crippen LogP contribution in [0.5, 0.6) is 0 Å². The molecule has 15 heavy (non-hydrogen) atoms. The lowest BCUT2D eigenvalue weighted by Gasteiger charge is -2.01. The van der Waals surface area contributed by atoms with E-state index in [-0.39, 0.29) is 6.42 Å². The Morgan fingerprint density at radius 2 is 2.27 bits per heavy atom. The van der Waals surface area contributed by atoms with Crippen LogP contribution in [0.2, 0.25) is 5.02 Å². The van der Waals surface area contributed by atoms with Gasteiger partial charge in [0.15, 0.2) is 6.29 Å². The number of hydrogen-bond acceptors (Lipinski definition) is 2. The molecule has 1 aromatic carbocycles. The van der Waals surface area contributed by atoms with Crippen LogP contribution in [0.3, 0.4) is 0 Å². The quantitative estimate of drug-likeness (QED) is 0.610. The van der Waals surface area contributed by atoms with Crippen molar-refractivity contribution in [1.82, 2.24) is 0 Å². The third kappa shape index (κ3) is 3.45. The van der Waals surface area contributed by atoms with Crippen molar-refractivity contribution in [2.45, 2.75) is 6.42 Å². The molecule has 3 nitrogen and oxygen atoms in total. The first-order valence-corrected chi connectivity index (χ1v) is 4.46. The summed E-state index contributed by atoms with van der Waals surface area (Å²) in [4.78, 5) is 20.6. The van der Waals surface area contributed by atoms with Crippen molar-refractivity contribution < 1.29 is 14.7 Å². The summed E-state index contributed by atoms with van der Waals surface area (Å²) < 4.78 is 0. The monoisotopic (exact) mass is 222 g/mol. The van der Waals surface area contributed by atoms with Crippen LogP contribution in [0.4, 0.5) is 0 Å². The molecule has 0 aromatic heterocycles. The number of benzene rings is 1. The van der Waals surface area contributed by atoms with Crippen LogP contribution >= 0.6 is 11.6 Å². The molecule has 76 valence electrons. The highest BCUT2D eigenvalue weighted by molar-refractivity contribution is 6.30. The van der Waals surface area contributed by atoms with Gasteiger partial charge in [0.25, 0.3) is 0 Å². The third-order valence-corrected chi connectivity index (χ3v) is 1.91. The van der Waals surface area contributed by atoms with E-state index < -0.39 is 5.97 Å². The third-order valence-electron chi connectivity index (χ3n) is 1.68. The average Bonchev–Trinajstić information content (AvgIpc) is 2.18. The van der Waals surface area contributed by atoms with E-state index in [2.05, 4.69) is 11.8 Å². The zero-order valence-corrected chi connectivity index (χ0v) is 8.41. The fourth-order valence-electron chi connectivity index (χ4n) is 1.09. The van der Waals surface area contributed by atoms with Gasteiger partial charge in [0, 0.05) is 10.6 Å². The summed E-state index contributed by atoms with van der Waals surface area (Å²) in [6.07, 6.45) is 0.311. The predicted octanol–water partition coefficient (Wildman–Crippen LogP) is 1.52. The van der Waals surface area contributed by atoms with Gasteiger partial charge < -0.3 is 5.11 Å². The summed E-state index contributed by atoms with van der Waals surface area (Å²) in [7, 11) is 0. The Balaban J connectivity index is 3.13. The van der Waals surface area contributed by atoms with Crippen molar-refractivity contribution in [1.29, 1.82) is 0 Å². The first kappa shape index (κ1) is 11.3. The molecule has 1 N–H and O–H groups in total. The van der Waals surface area contributed by atoms with Gasteiger partial charge in [-0.15, -0.1) is 0 Å². The lowest BCUT2D eigenvalue weighted by molar-refractivity contribution is -0.136. The van der Waals surface area contributed by atoms with Crippen LogP contribution < -0.4 is 0 Å². The Hall–Kier alpha value is -1.79. The first-order valence-electron chi connectivity index (χ1n) is 4.09. The van der Waals surface area contributed by atoms with Crippen molar-refractivity contribution in [3.8, 4) is 11.8 Å². The maximum atomic E-state index is 10.5. The fourth-order valence-corrected chi connectivity index (χ4v) is 1.26. The Morgan fingerprint density at radius 1 is 1.53 bits per heavy atom. The van der Waals surface area contributed by atoms with Crippen LogP contribution in [0.25, 0.3) is 0 Å². The molecular weight excluding hydrogens is 216 g/mol. The van der Waals surface area contributed by atoms with E-state index in [0.717, 1.165) is 0 Å². The minimum Gasteiger partial charge on any atom is -0.481 e. The average molecular weight is 223 g/mol. The molecule has 0 spiro atoms. The van der Waals surface area contributed by atoms with E-state index in [1.54, 1.807) is 12.1 Å². The van der Waals surface area contributed by atoms with Crippen molar-refractivity contribution >= 4 is 23.9 Å². The topological polar surface area (TPSA) is 54.4 Å². The summed E-state index contributed by atoms with van der Waals surface area (Å²) >= 11 is 5.73. The summed E-state index contributed by atoms with van der Waals surface area (Å²) in [5.41, 5.74) is 1.01. The second-order valence-electron chi connectivity index (χ2n) is 2.76. The zero-order chi connectivity index (χ0) is 11.3. The number of carboxylic acids is 1. The second-order valence-corrected chi connectivity index (χ2v) is 3.20. The first-order chi connectivity index (χ1) is 7.13. The number of carboxylic acid groups (broad SMARTS) is 1. The molecule has 0 fully saturated rings. The predicted molar refractivity (Wildman–Crippen MR) is 55.7 cm³/mol. The van der Waals surface area contributed by atoms with Crippen molar-refractivity contribution in [3.05, 3.63) is 34.3 Å². The van der Waals surface area contributed by atoms with E-state index in [9.17, 15) is 9.59 Å². The van der Waals surface area contributed by atoms with Gasteiger partial charge in [0.05, 0.1) is 6.42 Å². The molecule has 0 aliphatic heterocycles. The summed E-state index contributed by atoms with van der Waals surface area (Å²) in [5.74, 6) is 3.81. The minimum absolute atomic E-state index is 0.139. The van der Waals surface area contributed by atoms with Gasteiger partial charge in [-0.2, -0.15) is 0 Å². The van der Waals surface area contributed by atoms with Crippen molar-refractivity contribution in [2.75, 3.05) is 0 Å². The maximum absolute atomic E-state index is 10.5. The fraction of sp³-hybridized carbons (Fsp3) is 0.0909. The molecular formula is C11H7ClO3. The van der Waals surface area contributed by atoms with E-state index in [1.165, 1.54) is 6.07 Å². The second kappa shape index (κ2) is 5.18. The smallest absolute Gasteiger partial charge is 0.307 e. The molecule has 0 amide bonds. The van der Waals surface area contributed by atoms with Gasteiger partial charge >= 0.3 is 5.97 Å². The maximum Gasteiger partial charge on any atom is 0.307 e. The van der Waals surface area contributed by atoms with Crippen LogP contribution in [-0.4, -0.2) is 17.4 Å². The molecule has 0 radical (unpaired) electrons. The van der Waals surface area contributed by atoms with Gasteiger partial charge in [-0.3, -0.25) is 9.59 Å². The molecule has 0 aliphatic rings. The van der Waals surface area contributed by atoms with Crippen LogP contribution in [0.1, 0.15) is 11.1 Å². The van der Waals surface area contributed by atoms with Gasteiger partial charge in [-0.1, -0.05) is 23.6 Å². The number of aldehydes is 1. The van der Waals surface area contributed by atoms with Crippen molar-refractivity contribution in [2.24, 2.45) is 0 Å². The molecule has 0 aliphatic carbocycles. The molecule has 0 unspecified atom stereocenters. The molecule has 0 saturated carbocycles. The van der Waals surface area contributed by atoms with Gasteiger partial charge in [0.1, 0.15) is 0 Å². The molecule has 1 aromatic rings. The lowest BCUT2D eigenvalue weighted by Crippen LogP contribution is -2.02. The molecule has 0 heterocycles. The number of carbonyl (C=O) groups excluding carboxylic acids is 1. The Morgan fingerprint density at radius 3 is 2.87 bits per heavy atom. The normalized spacial score (nSPS) is 8.87. The SMILES string of the molecule is O=CC#Cc1cc(Cl)ccc1CC(=O)O. The number of hydrogen-bond donors (Lipinski definition) is 1. The minimum atomic E-state index is -0.952. The lowest BCUT2D eigenvalue weighted by atomic mass is 10.1. The standard InChI is InChI=1S/C11H7ClO3/c12-10-4-3-9(7-11(14)15)8(6-10)2-1-5-13/h3-6H,7H2,(H,14,15). The van der Waals surface area contributed by atoms with E-state index in [4.69, 9.17) is 16.7 Å². The number of rotatable bonds is 2. The van der Waals surface area contributed by atoms with E-state index in [1.807, 2.05) is 0 Å². The summed E-state index contributed by atoms with van der Waals surface area (Å²) in [5, 5.41) is 9.09. The van der Waals surface area contributed by atoms with E-state index >= 15 is 0 Å². The highest BCUT2D eigenvalue weighted by atomic mass is 35.5. The zero-order valence-electron chi connectivity index (χ0n) is 7.66. The van der Waals surface area contributed by atoms with Gasteiger partial charge in [-0.05, 0) is 23.6 Å². The van der Waals surface area contributed by atoms with Crippen molar-refractivity contribution in [3.63, 3.8) is 0 Å². The highest BCUT2D eigenvalue weighted by Gasteiger charge is 2.05. The largest absolute Gasteiger partial charge is 0.481 e. The highest BCUT2D eigenvalue weighted by Crippen LogP contribution is 2.15. The van der Waals surface area contributed by atoms with Crippen LogP contribution in [-0.2, 0) is 16.0 Å². The Labute approximate surface area is 91.7 Å².